The van der Waals surface area contributed by atoms with Gasteiger partial charge < -0.3 is 9.13 Å². The molecule has 15 rings (SSSR count). The van der Waals surface area contributed by atoms with Crippen molar-refractivity contribution < 1.29 is 0 Å². The van der Waals surface area contributed by atoms with E-state index in [4.69, 9.17) is 15.0 Å². The molecule has 0 radical (unpaired) electrons. The van der Waals surface area contributed by atoms with Crippen LogP contribution in [0.2, 0.25) is 0 Å². The quantitative estimate of drug-likeness (QED) is 0.167. The number of benzene rings is 10. The van der Waals surface area contributed by atoms with Gasteiger partial charge in [-0.25, -0.2) is 0 Å². The Morgan fingerprint density at radius 2 is 0.541 bits per heavy atom. The summed E-state index contributed by atoms with van der Waals surface area (Å²) in [7, 11) is 0. The maximum Gasteiger partial charge on any atom is 0.240 e. The van der Waals surface area contributed by atoms with E-state index in [-0.39, 0.29) is 0 Å². The molecule has 0 bridgehead atoms. The third-order valence-electron chi connectivity index (χ3n) is 15.9. The van der Waals surface area contributed by atoms with E-state index in [0.717, 1.165) is 83.0 Å². The fourth-order valence-corrected chi connectivity index (χ4v) is 12.4. The number of fused-ring (bicyclic) bond motifs is 14. The van der Waals surface area contributed by atoms with Crippen LogP contribution in [0.3, 0.4) is 0 Å². The Morgan fingerprint density at radius 1 is 0.257 bits per heavy atom. The van der Waals surface area contributed by atoms with Gasteiger partial charge in [0.25, 0.3) is 0 Å². The first-order chi connectivity index (χ1) is 36.4. The first-order valence-corrected chi connectivity index (χ1v) is 25.4. The average molecular weight is 950 g/mol. The van der Waals surface area contributed by atoms with Gasteiger partial charge >= 0.3 is 0 Å². The summed E-state index contributed by atoms with van der Waals surface area (Å²) in [4.78, 5) is 17.1. The molecule has 10 aromatic carbocycles. The Bertz CT molecular complexity index is 4520. The van der Waals surface area contributed by atoms with Gasteiger partial charge in [0.15, 0.2) is 5.82 Å². The predicted molar refractivity (Wildman–Crippen MR) is 307 cm³/mol. The first kappa shape index (κ1) is 42.1. The molecule has 350 valence electrons. The van der Waals surface area contributed by atoms with Crippen molar-refractivity contribution in [1.82, 2.24) is 33.2 Å². The number of aromatic nitrogens is 7. The molecule has 0 saturated carbocycles. The van der Waals surface area contributed by atoms with Crippen LogP contribution in [0.25, 0.3) is 133 Å². The van der Waals surface area contributed by atoms with Gasteiger partial charge in [0.05, 0.1) is 44.1 Å². The van der Waals surface area contributed by atoms with Crippen LogP contribution in [-0.2, 0) is 0 Å². The number of hydrogen-bond donors (Lipinski definition) is 0. The molecular formula is C67H47N7. The fourth-order valence-electron chi connectivity index (χ4n) is 12.4. The van der Waals surface area contributed by atoms with Crippen LogP contribution in [0.15, 0.2) is 212 Å². The SMILES string of the molecule is Cc1c(C)c2c3ccccc3n(-c3nc(-c4ccc(-c5ccccc5)cc4)nc(-n4c5ccccc5c5c(C)c(C)c6c7ccccc7n(-c7ccccc7)c6c54)n3)c2c2c1c1ccccc1n2-c1ccccc1. The monoisotopic (exact) mass is 949 g/mol. The summed E-state index contributed by atoms with van der Waals surface area (Å²) >= 11 is 0. The molecule has 0 fully saturated rings. The minimum atomic E-state index is 0.535. The molecule has 7 heteroatoms. The van der Waals surface area contributed by atoms with Crippen molar-refractivity contribution in [3.63, 3.8) is 0 Å². The lowest BCUT2D eigenvalue weighted by Gasteiger charge is -2.16. The van der Waals surface area contributed by atoms with Gasteiger partial charge in [-0.05, 0) is 110 Å². The molecule has 74 heavy (non-hydrogen) atoms. The minimum Gasteiger partial charge on any atom is -0.307 e. The summed E-state index contributed by atoms with van der Waals surface area (Å²) in [6, 6.07) is 75.8. The maximum atomic E-state index is 5.83. The van der Waals surface area contributed by atoms with Crippen LogP contribution in [0.5, 0.6) is 0 Å². The molecule has 0 aliphatic rings. The highest BCUT2D eigenvalue weighted by atomic mass is 15.3. The molecule has 0 atom stereocenters. The molecule has 5 heterocycles. The second-order valence-corrected chi connectivity index (χ2v) is 19.7. The molecule has 0 saturated heterocycles. The molecule has 0 N–H and O–H groups in total. The summed E-state index contributed by atoms with van der Waals surface area (Å²) in [6.07, 6.45) is 0. The van der Waals surface area contributed by atoms with Crippen LogP contribution >= 0.6 is 0 Å². The number of hydrogen-bond acceptors (Lipinski definition) is 3. The molecular weight excluding hydrogens is 903 g/mol. The summed E-state index contributed by atoms with van der Waals surface area (Å²) in [6.45, 7) is 9.12. The second-order valence-electron chi connectivity index (χ2n) is 19.7. The predicted octanol–water partition coefficient (Wildman–Crippen LogP) is 16.8. The van der Waals surface area contributed by atoms with E-state index in [9.17, 15) is 0 Å². The molecule has 0 unspecified atom stereocenters. The molecule has 0 aliphatic heterocycles. The van der Waals surface area contributed by atoms with Gasteiger partial charge in [0.2, 0.25) is 11.9 Å². The Hall–Kier alpha value is -9.59. The van der Waals surface area contributed by atoms with E-state index in [1.54, 1.807) is 0 Å². The van der Waals surface area contributed by atoms with Gasteiger partial charge in [0, 0.05) is 60.0 Å². The van der Waals surface area contributed by atoms with Crippen LogP contribution in [0.4, 0.5) is 0 Å². The van der Waals surface area contributed by atoms with Crippen molar-refractivity contribution in [2.45, 2.75) is 27.7 Å². The molecule has 0 amide bonds. The average Bonchev–Trinajstić information content (AvgIpc) is 4.25. The van der Waals surface area contributed by atoms with Crippen molar-refractivity contribution in [3.05, 3.63) is 235 Å². The van der Waals surface area contributed by atoms with Crippen LogP contribution in [0.1, 0.15) is 22.3 Å². The van der Waals surface area contributed by atoms with Crippen LogP contribution in [0, 0.1) is 27.7 Å². The van der Waals surface area contributed by atoms with Crippen molar-refractivity contribution in [2.24, 2.45) is 0 Å². The van der Waals surface area contributed by atoms with Gasteiger partial charge in [0.1, 0.15) is 0 Å². The topological polar surface area (TPSA) is 58.4 Å². The Labute approximate surface area is 426 Å². The minimum absolute atomic E-state index is 0.535. The van der Waals surface area contributed by atoms with Crippen LogP contribution in [-0.4, -0.2) is 33.2 Å². The zero-order valence-corrected chi connectivity index (χ0v) is 41.3. The first-order valence-electron chi connectivity index (χ1n) is 25.4. The molecule has 7 nitrogen and oxygen atoms in total. The van der Waals surface area contributed by atoms with E-state index in [2.05, 4.69) is 258 Å². The lowest BCUT2D eigenvalue weighted by molar-refractivity contribution is 0.893. The number of aryl methyl sites for hydroxylation is 4. The zero-order chi connectivity index (χ0) is 49.3. The van der Waals surface area contributed by atoms with Crippen LogP contribution < -0.4 is 0 Å². The van der Waals surface area contributed by atoms with Gasteiger partial charge in [-0.15, -0.1) is 0 Å². The van der Waals surface area contributed by atoms with Crippen molar-refractivity contribution in [2.75, 3.05) is 0 Å². The molecule has 5 aromatic heterocycles. The van der Waals surface area contributed by atoms with Crippen molar-refractivity contribution in [3.8, 4) is 45.8 Å². The normalized spacial score (nSPS) is 12.1. The third-order valence-corrected chi connectivity index (χ3v) is 15.9. The number of nitrogens with zero attached hydrogens (tertiary/aromatic N) is 7. The maximum absolute atomic E-state index is 5.83. The molecule has 0 aliphatic carbocycles. The number of rotatable bonds is 6. The summed E-state index contributed by atoms with van der Waals surface area (Å²) < 4.78 is 9.53. The summed E-state index contributed by atoms with van der Waals surface area (Å²) in [5.41, 5.74) is 19.0. The Balaban J connectivity index is 1.14. The second kappa shape index (κ2) is 16.0. The Kier molecular flexibility index (Phi) is 9.08. The van der Waals surface area contributed by atoms with E-state index in [0.29, 0.717) is 17.7 Å². The fraction of sp³-hybridized carbons (Fsp3) is 0.0597. The highest BCUT2D eigenvalue weighted by Gasteiger charge is 2.29. The van der Waals surface area contributed by atoms with Crippen molar-refractivity contribution in [1.29, 1.82) is 0 Å². The van der Waals surface area contributed by atoms with Gasteiger partial charge in [-0.3, -0.25) is 9.13 Å². The highest BCUT2D eigenvalue weighted by molar-refractivity contribution is 6.27. The zero-order valence-electron chi connectivity index (χ0n) is 41.3. The molecule has 0 spiro atoms. The van der Waals surface area contributed by atoms with Crippen molar-refractivity contribution >= 4 is 87.2 Å². The van der Waals surface area contributed by atoms with Gasteiger partial charge in [-0.1, -0.05) is 164 Å². The van der Waals surface area contributed by atoms with Gasteiger partial charge in [-0.2, -0.15) is 15.0 Å². The number of para-hydroxylation sites is 6. The summed E-state index contributed by atoms with van der Waals surface area (Å²) in [5, 5.41) is 9.48. The highest BCUT2D eigenvalue weighted by Crippen LogP contribution is 2.47. The van der Waals surface area contributed by atoms with E-state index in [1.165, 1.54) is 54.6 Å². The smallest absolute Gasteiger partial charge is 0.240 e. The van der Waals surface area contributed by atoms with E-state index >= 15 is 0 Å². The largest absolute Gasteiger partial charge is 0.307 e. The standard InChI is InChI=1S/C67H47N7/c1-40-42(3)59-51-30-16-20-34-55(51)73(63(59)61-57(40)49-28-14-18-32-53(49)71(61)47-24-10-6-11-25-47)66-68-65(46-38-36-45(37-39-46)44-22-8-5-9-23-44)69-67(70-66)74-56-35-21-17-31-52(56)60-43(4)41(2)58-50-29-15-19-33-54(50)72(62(58)64(60)74)48-26-12-7-13-27-48/h5-39H,1-4H3. The Morgan fingerprint density at radius 3 is 0.919 bits per heavy atom. The lowest BCUT2D eigenvalue weighted by Crippen LogP contribution is -2.11. The third kappa shape index (κ3) is 5.86. The summed E-state index contributed by atoms with van der Waals surface area (Å²) in [5.74, 6) is 1.65. The van der Waals surface area contributed by atoms with E-state index in [1.807, 2.05) is 0 Å². The lowest BCUT2D eigenvalue weighted by atomic mass is 9.97. The van der Waals surface area contributed by atoms with E-state index < -0.39 is 0 Å². The molecule has 15 aromatic rings.